The van der Waals surface area contributed by atoms with E-state index in [0.717, 1.165) is 6.07 Å². The number of ether oxygens (including phenoxy) is 2. The van der Waals surface area contributed by atoms with E-state index in [2.05, 4.69) is 16.3 Å². The lowest BCUT2D eigenvalue weighted by molar-refractivity contribution is -0.137. The van der Waals surface area contributed by atoms with Gasteiger partial charge in [-0.15, -0.1) is 0 Å². The number of benzene rings is 1. The molecule has 0 aliphatic carbocycles. The maximum Gasteiger partial charge on any atom is 0.417 e. The largest absolute Gasteiger partial charge is 0.489 e. The van der Waals surface area contributed by atoms with Crippen molar-refractivity contribution in [1.82, 2.24) is 0 Å². The predicted molar refractivity (Wildman–Crippen MR) is 87.6 cm³/mol. The molecule has 0 amide bonds. The van der Waals surface area contributed by atoms with Crippen molar-refractivity contribution in [2.24, 2.45) is 10.7 Å². The maximum absolute atomic E-state index is 12.6. The number of hydrogen-bond acceptors (Lipinski definition) is 3. The van der Waals surface area contributed by atoms with Crippen LogP contribution in [0.25, 0.3) is 0 Å². The lowest BCUT2D eigenvalue weighted by Gasteiger charge is -2.13. The van der Waals surface area contributed by atoms with E-state index in [1.807, 2.05) is 0 Å². The highest BCUT2D eigenvalue weighted by atomic mass is 35.5. The van der Waals surface area contributed by atoms with E-state index in [9.17, 15) is 13.2 Å². The molecule has 0 fully saturated rings. The molecule has 9 heteroatoms. The van der Waals surface area contributed by atoms with E-state index >= 15 is 0 Å². The minimum absolute atomic E-state index is 0.0183. The van der Waals surface area contributed by atoms with E-state index in [1.165, 1.54) is 19.2 Å². The van der Waals surface area contributed by atoms with Crippen LogP contribution >= 0.6 is 23.2 Å². The molecule has 0 spiro atoms. The molecule has 2 N–H and O–H groups in total. The van der Waals surface area contributed by atoms with Gasteiger partial charge in [-0.05, 0) is 24.6 Å². The van der Waals surface area contributed by atoms with Gasteiger partial charge in [0, 0.05) is 5.57 Å². The zero-order valence-corrected chi connectivity index (χ0v) is 14.4. The van der Waals surface area contributed by atoms with E-state index in [4.69, 9.17) is 33.7 Å². The Morgan fingerprint density at radius 2 is 2.00 bits per heavy atom. The molecule has 1 aromatic carbocycles. The molecule has 0 aliphatic rings. The summed E-state index contributed by atoms with van der Waals surface area (Å²) in [4.78, 5) is 3.75. The minimum Gasteiger partial charge on any atom is -0.489 e. The van der Waals surface area contributed by atoms with Gasteiger partial charge in [0.2, 0.25) is 0 Å². The standard InChI is InChI=1S/C15H15Cl2F3N2O2/c1-8(13(17)22-14(21)23-3)9(2)24-7-10-4-5-11(12(16)6-10)15(18,19)20/h4-6H,2,7H2,1,3H3,(H2,21,22)/b13-8-. The van der Waals surface area contributed by atoms with Crippen molar-refractivity contribution in [1.29, 1.82) is 0 Å². The van der Waals surface area contributed by atoms with Gasteiger partial charge in [0.15, 0.2) is 0 Å². The average molecular weight is 383 g/mol. The van der Waals surface area contributed by atoms with Crippen LogP contribution in [0.2, 0.25) is 5.02 Å². The molecule has 0 aromatic heterocycles. The van der Waals surface area contributed by atoms with Crippen LogP contribution in [0.15, 0.2) is 46.3 Å². The minimum atomic E-state index is -4.51. The third-order valence-electron chi connectivity index (χ3n) is 2.90. The van der Waals surface area contributed by atoms with E-state index in [-0.39, 0.29) is 23.5 Å². The summed E-state index contributed by atoms with van der Waals surface area (Å²) >= 11 is 11.6. The van der Waals surface area contributed by atoms with Gasteiger partial charge in [-0.2, -0.15) is 18.2 Å². The Labute approximate surface area is 147 Å². The van der Waals surface area contributed by atoms with Crippen LogP contribution in [0.1, 0.15) is 18.1 Å². The van der Waals surface area contributed by atoms with Crippen LogP contribution < -0.4 is 5.73 Å². The number of aliphatic imine (C=N–C) groups is 1. The molecule has 1 rings (SSSR count). The van der Waals surface area contributed by atoms with Gasteiger partial charge in [0.25, 0.3) is 6.02 Å². The number of allylic oxidation sites excluding steroid dienone is 1. The Balaban J connectivity index is 2.81. The van der Waals surface area contributed by atoms with Crippen LogP contribution in [-0.4, -0.2) is 13.1 Å². The number of amidine groups is 1. The normalized spacial score (nSPS) is 13.4. The number of methoxy groups -OCH3 is 1. The number of rotatable bonds is 5. The molecule has 0 unspecified atom stereocenters. The molecule has 0 saturated carbocycles. The van der Waals surface area contributed by atoms with Crippen molar-refractivity contribution in [3.8, 4) is 0 Å². The molecule has 1 aromatic rings. The molecule has 4 nitrogen and oxygen atoms in total. The highest BCUT2D eigenvalue weighted by Crippen LogP contribution is 2.35. The molecule has 132 valence electrons. The summed E-state index contributed by atoms with van der Waals surface area (Å²) in [6.07, 6.45) is -4.51. The predicted octanol–water partition coefficient (Wildman–Crippen LogP) is 4.82. The Bertz CT molecular complexity index is 686. The van der Waals surface area contributed by atoms with E-state index in [0.29, 0.717) is 11.1 Å². The number of hydrogen-bond donors (Lipinski definition) is 1. The maximum atomic E-state index is 12.6. The molecule has 0 bridgehead atoms. The van der Waals surface area contributed by atoms with Crippen molar-refractivity contribution in [2.45, 2.75) is 19.7 Å². The first kappa shape index (κ1) is 20.2. The first-order chi connectivity index (χ1) is 11.1. The molecular weight excluding hydrogens is 368 g/mol. The topological polar surface area (TPSA) is 56.8 Å². The van der Waals surface area contributed by atoms with Gasteiger partial charge in [0.05, 0.1) is 17.7 Å². The van der Waals surface area contributed by atoms with Crippen LogP contribution in [0, 0.1) is 0 Å². The summed E-state index contributed by atoms with van der Waals surface area (Å²) in [6.45, 7) is 5.23. The number of nitrogens with zero attached hydrogens (tertiary/aromatic N) is 1. The summed E-state index contributed by atoms with van der Waals surface area (Å²) in [5, 5.41) is -0.387. The quantitative estimate of drug-likeness (QED) is 0.261. The Morgan fingerprint density at radius 3 is 2.50 bits per heavy atom. The fourth-order valence-electron chi connectivity index (χ4n) is 1.50. The summed E-state index contributed by atoms with van der Waals surface area (Å²) in [7, 11) is 1.33. The van der Waals surface area contributed by atoms with Crippen LogP contribution in [0.3, 0.4) is 0 Å². The summed E-state index contributed by atoms with van der Waals surface area (Å²) < 4.78 is 48.0. The summed E-state index contributed by atoms with van der Waals surface area (Å²) in [5.41, 5.74) is 5.31. The first-order valence-corrected chi connectivity index (χ1v) is 7.24. The number of alkyl halides is 3. The van der Waals surface area contributed by atoms with Crippen LogP contribution in [0.4, 0.5) is 13.2 Å². The second-order valence-electron chi connectivity index (χ2n) is 4.59. The highest BCUT2D eigenvalue weighted by Gasteiger charge is 2.33. The second kappa shape index (κ2) is 8.30. The molecule has 24 heavy (non-hydrogen) atoms. The Kier molecular flexibility index (Phi) is 6.98. The number of halogens is 5. The van der Waals surface area contributed by atoms with Crippen molar-refractivity contribution in [3.63, 3.8) is 0 Å². The average Bonchev–Trinajstić information content (AvgIpc) is 2.50. The van der Waals surface area contributed by atoms with Gasteiger partial charge >= 0.3 is 6.18 Å². The number of nitrogens with two attached hydrogens (primary N) is 1. The van der Waals surface area contributed by atoms with Crippen LogP contribution in [-0.2, 0) is 22.3 Å². The lowest BCUT2D eigenvalue weighted by Crippen LogP contribution is -2.13. The van der Waals surface area contributed by atoms with Crippen molar-refractivity contribution in [3.05, 3.63) is 57.4 Å². The summed E-state index contributed by atoms with van der Waals surface area (Å²) in [5.74, 6) is 0.184. The van der Waals surface area contributed by atoms with Crippen molar-refractivity contribution >= 4 is 29.2 Å². The first-order valence-electron chi connectivity index (χ1n) is 6.48. The van der Waals surface area contributed by atoms with Crippen molar-refractivity contribution < 1.29 is 22.6 Å². The Hall–Kier alpha value is -1.86. The molecule has 0 radical (unpaired) electrons. The third kappa shape index (κ3) is 5.65. The van der Waals surface area contributed by atoms with E-state index < -0.39 is 16.8 Å². The van der Waals surface area contributed by atoms with Gasteiger partial charge in [-0.3, -0.25) is 0 Å². The zero-order valence-electron chi connectivity index (χ0n) is 12.9. The zero-order chi connectivity index (χ0) is 18.5. The molecule has 0 heterocycles. The monoisotopic (exact) mass is 382 g/mol. The summed E-state index contributed by atoms with van der Waals surface area (Å²) in [6, 6.07) is 3.20. The molecular formula is C15H15Cl2F3N2O2. The third-order valence-corrected chi connectivity index (χ3v) is 3.58. The van der Waals surface area contributed by atoms with Gasteiger partial charge in [-0.1, -0.05) is 35.8 Å². The van der Waals surface area contributed by atoms with Gasteiger partial charge in [-0.25, -0.2) is 0 Å². The lowest BCUT2D eigenvalue weighted by atomic mass is 10.1. The molecule has 0 aliphatic heterocycles. The highest BCUT2D eigenvalue weighted by molar-refractivity contribution is 6.31. The fourth-order valence-corrected chi connectivity index (χ4v) is 2.00. The molecule has 0 saturated heterocycles. The van der Waals surface area contributed by atoms with Crippen LogP contribution in [0.5, 0.6) is 0 Å². The van der Waals surface area contributed by atoms with E-state index in [1.54, 1.807) is 6.92 Å². The van der Waals surface area contributed by atoms with Gasteiger partial charge in [0.1, 0.15) is 17.5 Å². The van der Waals surface area contributed by atoms with Gasteiger partial charge < -0.3 is 15.2 Å². The molecule has 0 atom stereocenters. The van der Waals surface area contributed by atoms with Crippen molar-refractivity contribution in [2.75, 3.05) is 7.11 Å². The SMILES string of the molecule is C=C(OCc1ccc(C(F)(F)F)c(Cl)c1)/C(C)=C(Cl)\N=C(/N)OC. The smallest absolute Gasteiger partial charge is 0.417 e. The fraction of sp³-hybridized carbons (Fsp3) is 0.267. The Morgan fingerprint density at radius 1 is 1.38 bits per heavy atom. The second-order valence-corrected chi connectivity index (χ2v) is 5.36.